The second-order valence-electron chi connectivity index (χ2n) is 7.18. The summed E-state index contributed by atoms with van der Waals surface area (Å²) in [5.41, 5.74) is 3.71. The van der Waals surface area contributed by atoms with E-state index in [0.717, 1.165) is 29.6 Å². The molecule has 0 saturated carbocycles. The lowest BCUT2D eigenvalue weighted by atomic mass is 10.1. The van der Waals surface area contributed by atoms with Crippen molar-refractivity contribution in [2.75, 3.05) is 11.9 Å². The normalized spacial score (nSPS) is 11.2. The molecule has 0 saturated heterocycles. The summed E-state index contributed by atoms with van der Waals surface area (Å²) >= 11 is 0. The Bertz CT molecular complexity index is 1350. The molecule has 0 radical (unpaired) electrons. The van der Waals surface area contributed by atoms with Gasteiger partial charge in [-0.2, -0.15) is 5.10 Å². The maximum atomic E-state index is 14.1. The predicted molar refractivity (Wildman–Crippen MR) is 115 cm³/mol. The molecular formula is C23H18F2N6O. The zero-order valence-electron chi connectivity index (χ0n) is 17.1. The molecule has 0 unspecified atom stereocenters. The van der Waals surface area contributed by atoms with E-state index < -0.39 is 11.6 Å². The number of benzene rings is 2. The van der Waals surface area contributed by atoms with Crippen molar-refractivity contribution in [3.63, 3.8) is 0 Å². The van der Waals surface area contributed by atoms with Gasteiger partial charge in [0.05, 0.1) is 18.0 Å². The summed E-state index contributed by atoms with van der Waals surface area (Å²) in [6.07, 6.45) is 3.20. The van der Waals surface area contributed by atoms with E-state index in [2.05, 4.69) is 25.5 Å². The number of hydrogen-bond acceptors (Lipinski definition) is 6. The summed E-state index contributed by atoms with van der Waals surface area (Å²) in [7, 11) is 0. The van der Waals surface area contributed by atoms with Crippen LogP contribution in [0.15, 0.2) is 65.4 Å². The zero-order chi connectivity index (χ0) is 22.1. The molecule has 7 nitrogen and oxygen atoms in total. The molecule has 2 aromatic carbocycles. The number of nitrogens with one attached hydrogen (secondary N) is 1. The van der Waals surface area contributed by atoms with E-state index in [-0.39, 0.29) is 11.4 Å². The lowest BCUT2D eigenvalue weighted by Gasteiger charge is -2.03. The number of halogens is 2. The second kappa shape index (κ2) is 8.18. The first-order chi connectivity index (χ1) is 15.6. The van der Waals surface area contributed by atoms with E-state index in [1.807, 2.05) is 37.3 Å². The van der Waals surface area contributed by atoms with Crippen LogP contribution < -0.4 is 5.32 Å². The molecule has 3 aromatic rings. The molecule has 0 bridgehead atoms. The molecule has 5 rings (SSSR count). The van der Waals surface area contributed by atoms with Crippen LogP contribution in [-0.4, -0.2) is 31.4 Å². The first kappa shape index (κ1) is 19.8. The molecule has 9 heteroatoms. The molecule has 2 aliphatic rings. The third-order valence-corrected chi connectivity index (χ3v) is 4.95. The highest BCUT2D eigenvalue weighted by molar-refractivity contribution is 5.65. The highest BCUT2D eigenvalue weighted by Crippen LogP contribution is 2.27. The van der Waals surface area contributed by atoms with E-state index in [4.69, 9.17) is 4.52 Å². The Hall–Kier alpha value is -4.14. The van der Waals surface area contributed by atoms with Crippen LogP contribution in [-0.2, 0) is 6.54 Å². The SMILES string of the molecule is CCNc1ccc(-c2cc(Cn3cc4nc(-c5cccc(F)c5F)nc-4cn3)on2)cc1. The molecule has 0 fully saturated rings. The first-order valence-electron chi connectivity index (χ1n) is 10.0. The number of nitrogens with zero attached hydrogens (tertiary/aromatic N) is 5. The van der Waals surface area contributed by atoms with Crippen molar-refractivity contribution in [3.8, 4) is 34.0 Å². The van der Waals surface area contributed by atoms with Crippen LogP contribution in [0.3, 0.4) is 0 Å². The van der Waals surface area contributed by atoms with Gasteiger partial charge in [-0.05, 0) is 31.2 Å². The molecule has 0 spiro atoms. The molecule has 0 atom stereocenters. The summed E-state index contributed by atoms with van der Waals surface area (Å²) in [5, 5.41) is 11.7. The van der Waals surface area contributed by atoms with Gasteiger partial charge in [0, 0.05) is 23.9 Å². The van der Waals surface area contributed by atoms with Crippen LogP contribution in [0.2, 0.25) is 0 Å². The fourth-order valence-electron chi connectivity index (χ4n) is 3.39. The summed E-state index contributed by atoms with van der Waals surface area (Å²) in [5.74, 6) is -1.19. The van der Waals surface area contributed by atoms with Crippen molar-refractivity contribution in [3.05, 3.63) is 78.3 Å². The van der Waals surface area contributed by atoms with Crippen LogP contribution in [0.25, 0.3) is 34.0 Å². The minimum atomic E-state index is -0.976. The van der Waals surface area contributed by atoms with Gasteiger partial charge in [-0.1, -0.05) is 23.4 Å². The number of hydrogen-bond donors (Lipinski definition) is 1. The summed E-state index contributed by atoms with van der Waals surface area (Å²) in [6, 6.07) is 13.7. The van der Waals surface area contributed by atoms with Gasteiger partial charge in [0.25, 0.3) is 0 Å². The van der Waals surface area contributed by atoms with E-state index in [1.54, 1.807) is 10.9 Å². The van der Waals surface area contributed by atoms with Crippen LogP contribution in [0.1, 0.15) is 12.7 Å². The van der Waals surface area contributed by atoms with Crippen molar-refractivity contribution in [1.29, 1.82) is 0 Å². The highest BCUT2D eigenvalue weighted by Gasteiger charge is 2.18. The monoisotopic (exact) mass is 432 g/mol. The van der Waals surface area contributed by atoms with Gasteiger partial charge < -0.3 is 9.84 Å². The van der Waals surface area contributed by atoms with Crippen molar-refractivity contribution >= 4 is 5.69 Å². The van der Waals surface area contributed by atoms with Crippen molar-refractivity contribution in [2.45, 2.75) is 13.5 Å². The average molecular weight is 432 g/mol. The molecule has 2 aliphatic heterocycles. The van der Waals surface area contributed by atoms with Gasteiger partial charge >= 0.3 is 0 Å². The van der Waals surface area contributed by atoms with Crippen LogP contribution in [0, 0.1) is 11.6 Å². The van der Waals surface area contributed by atoms with Crippen LogP contribution in [0.5, 0.6) is 0 Å². The van der Waals surface area contributed by atoms with Crippen LogP contribution >= 0.6 is 0 Å². The number of anilines is 1. The van der Waals surface area contributed by atoms with E-state index in [0.29, 0.717) is 23.7 Å². The fraction of sp³-hybridized carbons (Fsp3) is 0.130. The van der Waals surface area contributed by atoms with Gasteiger partial charge in [-0.15, -0.1) is 0 Å². The smallest absolute Gasteiger partial charge is 0.169 e. The Balaban J connectivity index is 1.37. The van der Waals surface area contributed by atoms with E-state index in [1.165, 1.54) is 18.3 Å². The van der Waals surface area contributed by atoms with Gasteiger partial charge in [0.1, 0.15) is 23.6 Å². The van der Waals surface area contributed by atoms with Gasteiger partial charge in [0.2, 0.25) is 0 Å². The van der Waals surface area contributed by atoms with Gasteiger partial charge in [-0.25, -0.2) is 18.7 Å². The Morgan fingerprint density at radius 2 is 1.81 bits per heavy atom. The Morgan fingerprint density at radius 3 is 2.62 bits per heavy atom. The Morgan fingerprint density at radius 1 is 1.00 bits per heavy atom. The molecule has 160 valence electrons. The third kappa shape index (κ3) is 3.80. The largest absolute Gasteiger partial charge is 0.385 e. The molecule has 0 amide bonds. The quantitative estimate of drug-likeness (QED) is 0.413. The molecule has 1 aromatic heterocycles. The number of aromatic nitrogens is 5. The first-order valence-corrected chi connectivity index (χ1v) is 10.0. The van der Waals surface area contributed by atoms with Crippen molar-refractivity contribution < 1.29 is 13.3 Å². The van der Waals surface area contributed by atoms with Crippen molar-refractivity contribution in [2.24, 2.45) is 0 Å². The zero-order valence-corrected chi connectivity index (χ0v) is 17.1. The molecule has 32 heavy (non-hydrogen) atoms. The Labute approximate surface area is 182 Å². The van der Waals surface area contributed by atoms with Crippen molar-refractivity contribution in [1.82, 2.24) is 24.9 Å². The van der Waals surface area contributed by atoms with Crippen LogP contribution in [0.4, 0.5) is 14.5 Å². The van der Waals surface area contributed by atoms with E-state index >= 15 is 0 Å². The topological polar surface area (TPSA) is 81.7 Å². The number of imidazole rings is 1. The summed E-state index contributed by atoms with van der Waals surface area (Å²) in [4.78, 5) is 8.60. The standard InChI is InChI=1S/C23H18F2N6O/c1-2-26-15-8-6-14(7-9-15)19-10-16(32-30-19)12-31-13-21-20(11-27-31)28-23(29-21)17-4-3-5-18(24)22(17)25/h3-11,13,26H,2,12H2,1H3. The Kier molecular flexibility index (Phi) is 5.06. The lowest BCUT2D eigenvalue weighted by molar-refractivity contribution is 0.372. The number of rotatable bonds is 6. The fourth-order valence-corrected chi connectivity index (χ4v) is 3.39. The number of fused-ring (bicyclic) bond motifs is 1. The highest BCUT2D eigenvalue weighted by atomic mass is 19.2. The molecule has 1 N–H and O–H groups in total. The molecule has 3 heterocycles. The average Bonchev–Trinajstić information content (AvgIpc) is 3.43. The second-order valence-corrected chi connectivity index (χ2v) is 7.18. The maximum Gasteiger partial charge on any atom is 0.169 e. The lowest BCUT2D eigenvalue weighted by Crippen LogP contribution is -2.04. The molecule has 0 aliphatic carbocycles. The van der Waals surface area contributed by atoms with E-state index in [9.17, 15) is 8.78 Å². The minimum absolute atomic E-state index is 0.00721. The minimum Gasteiger partial charge on any atom is -0.385 e. The van der Waals surface area contributed by atoms with Gasteiger partial charge in [-0.3, -0.25) is 4.68 Å². The summed E-state index contributed by atoms with van der Waals surface area (Å²) < 4.78 is 34.7. The summed E-state index contributed by atoms with van der Waals surface area (Å²) in [6.45, 7) is 3.23. The maximum absolute atomic E-state index is 14.1. The predicted octanol–water partition coefficient (Wildman–Crippen LogP) is 4.86. The van der Waals surface area contributed by atoms with Gasteiger partial charge in [0.15, 0.2) is 23.2 Å². The molecular weight excluding hydrogens is 414 g/mol. The third-order valence-electron chi connectivity index (χ3n) is 4.95.